The molecule has 2 heterocycles. The lowest BCUT2D eigenvalue weighted by Crippen LogP contribution is -2.49. The van der Waals surface area contributed by atoms with Crippen LogP contribution in [0.15, 0.2) is 24.3 Å². The number of likely N-dealkylation sites (tertiary alicyclic amines) is 1. The number of anilines is 1. The van der Waals surface area contributed by atoms with Gasteiger partial charge in [-0.3, -0.25) is 4.79 Å². The lowest BCUT2D eigenvalue weighted by molar-refractivity contribution is -0.117. The molecule has 2 fully saturated rings. The molecule has 1 atom stereocenters. The molecule has 0 bridgehead atoms. The summed E-state index contributed by atoms with van der Waals surface area (Å²) in [5, 5.41) is 12.4. The Morgan fingerprint density at radius 2 is 1.87 bits per heavy atom. The van der Waals surface area contributed by atoms with Crippen LogP contribution in [0.25, 0.3) is 0 Å². The number of nitrogens with zero attached hydrogens (tertiary/aromatic N) is 2. The smallest absolute Gasteiger partial charge is 0.317 e. The summed E-state index contributed by atoms with van der Waals surface area (Å²) < 4.78 is 0. The van der Waals surface area contributed by atoms with E-state index in [4.69, 9.17) is 0 Å². The highest BCUT2D eigenvalue weighted by Crippen LogP contribution is 2.22. The lowest BCUT2D eigenvalue weighted by Gasteiger charge is -2.30. The van der Waals surface area contributed by atoms with E-state index in [-0.39, 0.29) is 24.1 Å². The molecule has 2 aliphatic heterocycles. The SMILES string of the molecule is Cc1ccc(N2CC(NC(=O)N3CCC(O)CC3)CC2=O)cc1. The van der Waals surface area contributed by atoms with Gasteiger partial charge in [0.15, 0.2) is 0 Å². The molecule has 0 saturated carbocycles. The van der Waals surface area contributed by atoms with Gasteiger partial charge >= 0.3 is 6.03 Å². The molecule has 0 aliphatic carbocycles. The minimum Gasteiger partial charge on any atom is -0.393 e. The largest absolute Gasteiger partial charge is 0.393 e. The molecule has 3 amide bonds. The van der Waals surface area contributed by atoms with Crippen molar-refractivity contribution in [1.82, 2.24) is 10.2 Å². The summed E-state index contributed by atoms with van der Waals surface area (Å²) in [7, 11) is 0. The van der Waals surface area contributed by atoms with Crippen LogP contribution in [-0.4, -0.2) is 53.7 Å². The van der Waals surface area contributed by atoms with Gasteiger partial charge in [-0.1, -0.05) is 17.7 Å². The van der Waals surface area contributed by atoms with Crippen molar-refractivity contribution >= 4 is 17.6 Å². The van der Waals surface area contributed by atoms with Crippen LogP contribution in [0.5, 0.6) is 0 Å². The van der Waals surface area contributed by atoms with Gasteiger partial charge in [0.1, 0.15) is 0 Å². The number of urea groups is 1. The van der Waals surface area contributed by atoms with Crippen molar-refractivity contribution in [2.45, 2.75) is 38.3 Å². The molecule has 2 saturated heterocycles. The van der Waals surface area contributed by atoms with E-state index in [0.717, 1.165) is 11.3 Å². The number of amides is 3. The number of aryl methyl sites for hydroxylation is 1. The summed E-state index contributed by atoms with van der Waals surface area (Å²) in [4.78, 5) is 27.9. The second-order valence-corrected chi connectivity index (χ2v) is 6.41. The zero-order valence-corrected chi connectivity index (χ0v) is 13.4. The summed E-state index contributed by atoms with van der Waals surface area (Å²) in [5.41, 5.74) is 2.02. The van der Waals surface area contributed by atoms with Crippen LogP contribution in [-0.2, 0) is 4.79 Å². The van der Waals surface area contributed by atoms with Gasteiger partial charge in [0.2, 0.25) is 5.91 Å². The third kappa shape index (κ3) is 3.64. The Kier molecular flexibility index (Phi) is 4.52. The lowest BCUT2D eigenvalue weighted by atomic mass is 10.1. The third-order valence-electron chi connectivity index (χ3n) is 4.55. The maximum atomic E-state index is 12.3. The number of aliphatic hydroxyl groups excluding tert-OH is 1. The summed E-state index contributed by atoms with van der Waals surface area (Å²) in [6.07, 6.45) is 1.26. The Hall–Kier alpha value is -2.08. The van der Waals surface area contributed by atoms with Gasteiger partial charge in [0.25, 0.3) is 0 Å². The van der Waals surface area contributed by atoms with Crippen molar-refractivity contribution in [3.63, 3.8) is 0 Å². The van der Waals surface area contributed by atoms with Crippen molar-refractivity contribution in [1.29, 1.82) is 0 Å². The van der Waals surface area contributed by atoms with Crippen molar-refractivity contribution < 1.29 is 14.7 Å². The predicted octanol–water partition coefficient (Wildman–Crippen LogP) is 1.27. The Morgan fingerprint density at radius 1 is 1.22 bits per heavy atom. The third-order valence-corrected chi connectivity index (χ3v) is 4.55. The molecule has 2 aliphatic rings. The molecular formula is C17H23N3O3. The van der Waals surface area contributed by atoms with Gasteiger partial charge in [0, 0.05) is 31.7 Å². The first-order valence-electron chi connectivity index (χ1n) is 8.13. The Balaban J connectivity index is 1.57. The predicted molar refractivity (Wildman–Crippen MR) is 87.3 cm³/mol. The number of carbonyl (C=O) groups excluding carboxylic acids is 2. The van der Waals surface area contributed by atoms with Crippen LogP contribution in [0.1, 0.15) is 24.8 Å². The Morgan fingerprint density at radius 3 is 2.52 bits per heavy atom. The fourth-order valence-electron chi connectivity index (χ4n) is 3.11. The molecular weight excluding hydrogens is 294 g/mol. The van der Waals surface area contributed by atoms with Gasteiger partial charge in [-0.25, -0.2) is 4.79 Å². The highest BCUT2D eigenvalue weighted by molar-refractivity contribution is 5.96. The number of benzene rings is 1. The number of nitrogens with one attached hydrogen (secondary N) is 1. The number of piperidine rings is 1. The number of carbonyl (C=O) groups is 2. The first-order valence-corrected chi connectivity index (χ1v) is 8.13. The number of hydrogen-bond donors (Lipinski definition) is 2. The molecule has 1 aromatic rings. The average molecular weight is 317 g/mol. The number of aliphatic hydroxyl groups is 1. The molecule has 0 aromatic heterocycles. The Labute approximate surface area is 136 Å². The summed E-state index contributed by atoms with van der Waals surface area (Å²) in [6, 6.07) is 7.53. The van der Waals surface area contributed by atoms with Crippen molar-refractivity contribution in [2.75, 3.05) is 24.5 Å². The van der Waals surface area contributed by atoms with Crippen LogP contribution in [0, 0.1) is 6.92 Å². The topological polar surface area (TPSA) is 72.9 Å². The van der Waals surface area contributed by atoms with Crippen molar-refractivity contribution in [2.24, 2.45) is 0 Å². The van der Waals surface area contributed by atoms with E-state index >= 15 is 0 Å². The summed E-state index contributed by atoms with van der Waals surface area (Å²) in [6.45, 7) is 3.64. The molecule has 124 valence electrons. The van der Waals surface area contributed by atoms with Gasteiger partial charge in [-0.05, 0) is 31.9 Å². The number of hydrogen-bond acceptors (Lipinski definition) is 3. The minimum atomic E-state index is -0.302. The fraction of sp³-hybridized carbons (Fsp3) is 0.529. The maximum absolute atomic E-state index is 12.3. The second-order valence-electron chi connectivity index (χ2n) is 6.41. The van der Waals surface area contributed by atoms with Gasteiger partial charge in [-0.2, -0.15) is 0 Å². The average Bonchev–Trinajstić information content (AvgIpc) is 2.89. The summed E-state index contributed by atoms with van der Waals surface area (Å²) in [5.74, 6) is 0.0354. The van der Waals surface area contributed by atoms with Crippen LogP contribution < -0.4 is 10.2 Å². The van der Waals surface area contributed by atoms with Gasteiger partial charge in [0.05, 0.1) is 12.1 Å². The van der Waals surface area contributed by atoms with Gasteiger partial charge < -0.3 is 20.2 Å². The highest BCUT2D eigenvalue weighted by Gasteiger charge is 2.33. The van der Waals surface area contributed by atoms with E-state index in [2.05, 4.69) is 5.32 Å². The zero-order chi connectivity index (χ0) is 16.4. The highest BCUT2D eigenvalue weighted by atomic mass is 16.3. The molecule has 1 aromatic carbocycles. The van der Waals surface area contributed by atoms with Crippen molar-refractivity contribution in [3.8, 4) is 0 Å². The van der Waals surface area contributed by atoms with E-state index in [9.17, 15) is 14.7 Å². The van der Waals surface area contributed by atoms with Crippen LogP contribution in [0.3, 0.4) is 0 Å². The van der Waals surface area contributed by atoms with Crippen LogP contribution in [0.2, 0.25) is 0 Å². The molecule has 2 N–H and O–H groups in total. The van der Waals surface area contributed by atoms with E-state index < -0.39 is 0 Å². The normalized spacial score (nSPS) is 22.5. The molecule has 3 rings (SSSR count). The molecule has 0 spiro atoms. The molecule has 6 nitrogen and oxygen atoms in total. The minimum absolute atomic E-state index is 0.0354. The van der Waals surface area contributed by atoms with E-state index in [1.165, 1.54) is 0 Å². The second kappa shape index (κ2) is 6.58. The first-order chi connectivity index (χ1) is 11.0. The van der Waals surface area contributed by atoms with E-state index in [1.54, 1.807) is 9.80 Å². The van der Waals surface area contributed by atoms with E-state index in [1.807, 2.05) is 31.2 Å². The number of rotatable bonds is 2. The summed E-state index contributed by atoms with van der Waals surface area (Å²) >= 11 is 0. The molecule has 0 radical (unpaired) electrons. The Bertz CT molecular complexity index is 579. The zero-order valence-electron chi connectivity index (χ0n) is 13.4. The van der Waals surface area contributed by atoms with Crippen LogP contribution in [0.4, 0.5) is 10.5 Å². The quantitative estimate of drug-likeness (QED) is 0.863. The first kappa shape index (κ1) is 15.8. The monoisotopic (exact) mass is 317 g/mol. The molecule has 6 heteroatoms. The molecule has 1 unspecified atom stereocenters. The maximum Gasteiger partial charge on any atom is 0.317 e. The standard InChI is InChI=1S/C17H23N3O3/c1-12-2-4-14(5-3-12)20-11-13(10-16(20)22)18-17(23)19-8-6-15(21)7-9-19/h2-5,13,15,21H,6-11H2,1H3,(H,18,23). The van der Waals surface area contributed by atoms with Crippen LogP contribution >= 0.6 is 0 Å². The fourth-order valence-corrected chi connectivity index (χ4v) is 3.11. The molecule has 23 heavy (non-hydrogen) atoms. The van der Waals surface area contributed by atoms with Crippen molar-refractivity contribution in [3.05, 3.63) is 29.8 Å². The van der Waals surface area contributed by atoms with Gasteiger partial charge in [-0.15, -0.1) is 0 Å². The van der Waals surface area contributed by atoms with E-state index in [0.29, 0.717) is 38.9 Å².